The van der Waals surface area contributed by atoms with Crippen molar-refractivity contribution in [1.82, 2.24) is 10.4 Å². The standard InChI is InChI=1S/C19H17N3O5/c1-2-27-15-9-11(7-8-14(15)23)10-20-22-19(26)16-17(24)12-5-3-4-6-13(12)21-18(16)25/h3-10,23H,2H2,1H3,(H,22,26)(H2,21,24,25)/b20-10+. The summed E-state index contributed by atoms with van der Waals surface area (Å²) in [5.74, 6) is -0.980. The number of hydrogen-bond acceptors (Lipinski definition) is 6. The minimum atomic E-state index is -0.848. The molecule has 27 heavy (non-hydrogen) atoms. The van der Waals surface area contributed by atoms with Gasteiger partial charge in [0.25, 0.3) is 11.5 Å². The Bertz CT molecular complexity index is 1090. The van der Waals surface area contributed by atoms with E-state index < -0.39 is 22.8 Å². The first-order chi connectivity index (χ1) is 13.0. The zero-order chi connectivity index (χ0) is 19.4. The van der Waals surface area contributed by atoms with E-state index in [1.807, 2.05) is 0 Å². The summed E-state index contributed by atoms with van der Waals surface area (Å²) < 4.78 is 5.27. The van der Waals surface area contributed by atoms with Crippen LogP contribution in [0.2, 0.25) is 0 Å². The fraction of sp³-hybridized carbons (Fsp3) is 0.105. The summed E-state index contributed by atoms with van der Waals surface area (Å²) in [6.45, 7) is 2.17. The number of rotatable bonds is 5. The molecule has 138 valence electrons. The quantitative estimate of drug-likeness (QED) is 0.406. The lowest BCUT2D eigenvalue weighted by molar-refractivity contribution is 0.0951. The van der Waals surface area contributed by atoms with Crippen molar-refractivity contribution in [3.05, 3.63) is 63.9 Å². The van der Waals surface area contributed by atoms with Crippen molar-refractivity contribution in [1.29, 1.82) is 0 Å². The summed E-state index contributed by atoms with van der Waals surface area (Å²) in [4.78, 5) is 26.9. The number of para-hydroxylation sites is 1. The van der Waals surface area contributed by atoms with Gasteiger partial charge in [0.15, 0.2) is 11.5 Å². The van der Waals surface area contributed by atoms with Crippen molar-refractivity contribution in [2.75, 3.05) is 6.61 Å². The van der Waals surface area contributed by atoms with Crippen LogP contribution in [0.25, 0.3) is 10.9 Å². The molecule has 0 spiro atoms. The van der Waals surface area contributed by atoms with Crippen LogP contribution >= 0.6 is 0 Å². The van der Waals surface area contributed by atoms with Crippen molar-refractivity contribution in [2.24, 2.45) is 5.10 Å². The second-order valence-electron chi connectivity index (χ2n) is 5.58. The van der Waals surface area contributed by atoms with E-state index >= 15 is 0 Å². The summed E-state index contributed by atoms with van der Waals surface area (Å²) in [7, 11) is 0. The Balaban J connectivity index is 1.82. The van der Waals surface area contributed by atoms with Gasteiger partial charge in [-0.3, -0.25) is 9.59 Å². The van der Waals surface area contributed by atoms with Crippen molar-refractivity contribution in [2.45, 2.75) is 6.92 Å². The summed E-state index contributed by atoms with van der Waals surface area (Å²) in [6.07, 6.45) is 1.33. The molecule has 1 heterocycles. The molecule has 0 fully saturated rings. The van der Waals surface area contributed by atoms with Gasteiger partial charge in [0.1, 0.15) is 11.3 Å². The highest BCUT2D eigenvalue weighted by atomic mass is 16.5. The molecule has 0 aliphatic rings. The third-order valence-corrected chi connectivity index (χ3v) is 3.78. The molecule has 4 N–H and O–H groups in total. The fourth-order valence-electron chi connectivity index (χ4n) is 2.54. The van der Waals surface area contributed by atoms with Crippen LogP contribution in [0, 0.1) is 0 Å². The van der Waals surface area contributed by atoms with Crippen LogP contribution in [0.1, 0.15) is 22.8 Å². The predicted molar refractivity (Wildman–Crippen MR) is 101 cm³/mol. The number of benzene rings is 2. The van der Waals surface area contributed by atoms with Gasteiger partial charge in [0.2, 0.25) is 0 Å². The van der Waals surface area contributed by atoms with Gasteiger partial charge in [-0.2, -0.15) is 5.10 Å². The Morgan fingerprint density at radius 3 is 2.81 bits per heavy atom. The van der Waals surface area contributed by atoms with Crippen LogP contribution < -0.4 is 15.7 Å². The molecule has 0 aliphatic carbocycles. The Morgan fingerprint density at radius 2 is 2.04 bits per heavy atom. The van der Waals surface area contributed by atoms with E-state index in [1.165, 1.54) is 12.3 Å². The molecule has 3 aromatic rings. The molecule has 0 bridgehead atoms. The molecule has 0 aliphatic heterocycles. The number of amides is 1. The fourth-order valence-corrected chi connectivity index (χ4v) is 2.54. The molecular weight excluding hydrogens is 350 g/mol. The molecule has 0 unspecified atom stereocenters. The van der Waals surface area contributed by atoms with E-state index in [9.17, 15) is 19.8 Å². The Kier molecular flexibility index (Phi) is 5.07. The molecule has 8 nitrogen and oxygen atoms in total. The molecule has 0 saturated heterocycles. The van der Waals surface area contributed by atoms with Crippen molar-refractivity contribution in [3.8, 4) is 17.2 Å². The highest BCUT2D eigenvalue weighted by Gasteiger charge is 2.18. The van der Waals surface area contributed by atoms with E-state index in [1.54, 1.807) is 43.3 Å². The van der Waals surface area contributed by atoms with Gasteiger partial charge >= 0.3 is 0 Å². The number of phenols is 1. The number of H-pyrrole nitrogens is 1. The van der Waals surface area contributed by atoms with E-state index in [0.717, 1.165) is 0 Å². The Hall–Kier alpha value is -3.81. The van der Waals surface area contributed by atoms with Gasteiger partial charge in [-0.25, -0.2) is 5.43 Å². The van der Waals surface area contributed by atoms with Crippen LogP contribution in [0.3, 0.4) is 0 Å². The number of carbonyl (C=O) groups excluding carboxylic acids is 1. The third-order valence-electron chi connectivity index (χ3n) is 3.78. The minimum absolute atomic E-state index is 0.00865. The molecule has 0 radical (unpaired) electrons. The summed E-state index contributed by atoms with van der Waals surface area (Å²) in [5, 5.41) is 24.1. The van der Waals surface area contributed by atoms with Gasteiger partial charge in [-0.1, -0.05) is 12.1 Å². The number of nitrogens with zero attached hydrogens (tertiary/aromatic N) is 1. The lowest BCUT2D eigenvalue weighted by Gasteiger charge is -2.07. The first-order valence-corrected chi connectivity index (χ1v) is 8.14. The molecule has 0 saturated carbocycles. The monoisotopic (exact) mass is 367 g/mol. The molecule has 2 aromatic carbocycles. The Morgan fingerprint density at radius 1 is 1.26 bits per heavy atom. The number of aromatic nitrogens is 1. The van der Waals surface area contributed by atoms with Crippen LogP contribution in [0.5, 0.6) is 17.2 Å². The Labute approximate surface area is 153 Å². The molecule has 1 aromatic heterocycles. The number of pyridine rings is 1. The van der Waals surface area contributed by atoms with Gasteiger partial charge < -0.3 is 19.9 Å². The van der Waals surface area contributed by atoms with Gasteiger partial charge in [0, 0.05) is 5.39 Å². The lowest BCUT2D eigenvalue weighted by atomic mass is 10.1. The maximum absolute atomic E-state index is 12.3. The lowest BCUT2D eigenvalue weighted by Crippen LogP contribution is -2.26. The molecule has 3 rings (SSSR count). The van der Waals surface area contributed by atoms with Gasteiger partial charge in [0.05, 0.1) is 18.3 Å². The first kappa shape index (κ1) is 18.0. The smallest absolute Gasteiger partial charge is 0.280 e. The van der Waals surface area contributed by atoms with E-state index in [4.69, 9.17) is 4.74 Å². The average Bonchev–Trinajstić information content (AvgIpc) is 2.64. The van der Waals surface area contributed by atoms with E-state index in [-0.39, 0.29) is 11.5 Å². The maximum atomic E-state index is 12.3. The number of hydrazone groups is 1. The zero-order valence-corrected chi connectivity index (χ0v) is 14.4. The molecule has 8 heteroatoms. The third kappa shape index (κ3) is 3.74. The first-order valence-electron chi connectivity index (χ1n) is 8.14. The molecular formula is C19H17N3O5. The second kappa shape index (κ2) is 7.61. The minimum Gasteiger partial charge on any atom is -0.506 e. The normalized spacial score (nSPS) is 11.0. The largest absolute Gasteiger partial charge is 0.506 e. The number of hydrogen-bond donors (Lipinski definition) is 4. The zero-order valence-electron chi connectivity index (χ0n) is 14.4. The van der Waals surface area contributed by atoms with E-state index in [0.29, 0.717) is 23.1 Å². The van der Waals surface area contributed by atoms with Crippen molar-refractivity contribution in [3.63, 3.8) is 0 Å². The summed E-state index contributed by atoms with van der Waals surface area (Å²) >= 11 is 0. The number of aromatic hydroxyl groups is 2. The number of nitrogens with one attached hydrogen (secondary N) is 2. The highest BCUT2D eigenvalue weighted by molar-refractivity contribution is 6.02. The van der Waals surface area contributed by atoms with Crippen LogP contribution in [0.4, 0.5) is 0 Å². The van der Waals surface area contributed by atoms with Crippen LogP contribution in [-0.4, -0.2) is 33.9 Å². The SMILES string of the molecule is CCOc1cc(/C=N/NC(=O)c2c(O)c3ccccc3[nH]c2=O)ccc1O. The highest BCUT2D eigenvalue weighted by Crippen LogP contribution is 2.26. The van der Waals surface area contributed by atoms with E-state index in [2.05, 4.69) is 15.5 Å². The van der Waals surface area contributed by atoms with Crippen molar-refractivity contribution < 1.29 is 19.7 Å². The van der Waals surface area contributed by atoms with Gasteiger partial charge in [-0.05, 0) is 42.8 Å². The van der Waals surface area contributed by atoms with Crippen LogP contribution in [-0.2, 0) is 0 Å². The molecule has 1 amide bonds. The topological polar surface area (TPSA) is 124 Å². The number of ether oxygens (including phenoxy) is 1. The second-order valence-corrected chi connectivity index (χ2v) is 5.58. The summed E-state index contributed by atoms with van der Waals surface area (Å²) in [5.41, 5.74) is 2.05. The number of aromatic amines is 1. The van der Waals surface area contributed by atoms with Crippen LogP contribution in [0.15, 0.2) is 52.4 Å². The number of phenolic OH excluding ortho intramolecular Hbond substituents is 1. The number of carbonyl (C=O) groups is 1. The average molecular weight is 367 g/mol. The number of fused-ring (bicyclic) bond motifs is 1. The predicted octanol–water partition coefficient (Wildman–Crippen LogP) is 2.10. The maximum Gasteiger partial charge on any atom is 0.280 e. The van der Waals surface area contributed by atoms with Crippen molar-refractivity contribution >= 4 is 23.0 Å². The van der Waals surface area contributed by atoms with Gasteiger partial charge in [-0.15, -0.1) is 0 Å². The summed E-state index contributed by atoms with van der Waals surface area (Å²) in [6, 6.07) is 11.2. The molecule has 0 atom stereocenters.